The Balaban J connectivity index is 2.86. The molecule has 0 spiro atoms. The third-order valence-corrected chi connectivity index (χ3v) is 3.24. The van der Waals surface area contributed by atoms with Crippen LogP contribution >= 0.6 is 11.6 Å². The van der Waals surface area contributed by atoms with Crippen LogP contribution in [0.25, 0.3) is 0 Å². The minimum atomic E-state index is -0.467. The van der Waals surface area contributed by atoms with E-state index in [-0.39, 0.29) is 18.1 Å². The van der Waals surface area contributed by atoms with E-state index in [4.69, 9.17) is 22.1 Å². The molecule has 0 saturated carbocycles. The van der Waals surface area contributed by atoms with Gasteiger partial charge in [-0.2, -0.15) is 0 Å². The Hall–Kier alpha value is -0.770. The second-order valence-corrected chi connectivity index (χ2v) is 6.07. The summed E-state index contributed by atoms with van der Waals surface area (Å²) < 4.78 is 5.73. The van der Waals surface area contributed by atoms with Crippen molar-refractivity contribution in [3.8, 4) is 5.75 Å². The molecule has 1 aromatic rings. The van der Waals surface area contributed by atoms with Crippen LogP contribution < -0.4 is 10.5 Å². The molecule has 0 aromatic heterocycles. The maximum Gasteiger partial charge on any atom is 0.138 e. The van der Waals surface area contributed by atoms with Gasteiger partial charge in [0.25, 0.3) is 0 Å². The number of ether oxygens (including phenoxy) is 1. The molecule has 3 nitrogen and oxygen atoms in total. The van der Waals surface area contributed by atoms with Crippen LogP contribution in [0.5, 0.6) is 5.75 Å². The van der Waals surface area contributed by atoms with Crippen molar-refractivity contribution >= 4 is 11.6 Å². The standard InChI is InChI=1S/C14H22ClNO2/c1-9-5-6-11(10(15)7-9)18-12(8-17)13(16)14(2,3)4/h5-7,12-13,17H,8,16H2,1-4H3. The van der Waals surface area contributed by atoms with E-state index < -0.39 is 6.10 Å². The third kappa shape index (κ3) is 3.87. The van der Waals surface area contributed by atoms with E-state index in [0.29, 0.717) is 10.8 Å². The summed E-state index contributed by atoms with van der Waals surface area (Å²) >= 11 is 6.10. The summed E-state index contributed by atoms with van der Waals surface area (Å²) in [6.07, 6.45) is -0.467. The Morgan fingerprint density at radius 3 is 2.44 bits per heavy atom. The predicted molar refractivity (Wildman–Crippen MR) is 75.1 cm³/mol. The molecule has 0 aliphatic heterocycles. The number of benzene rings is 1. The Morgan fingerprint density at radius 1 is 1.39 bits per heavy atom. The van der Waals surface area contributed by atoms with E-state index in [1.54, 1.807) is 6.07 Å². The maximum atomic E-state index is 9.42. The summed E-state index contributed by atoms with van der Waals surface area (Å²) in [7, 11) is 0. The van der Waals surface area contributed by atoms with Gasteiger partial charge in [0.2, 0.25) is 0 Å². The molecule has 1 rings (SSSR count). The lowest BCUT2D eigenvalue weighted by molar-refractivity contribution is 0.0592. The summed E-state index contributed by atoms with van der Waals surface area (Å²) in [5.74, 6) is 0.556. The van der Waals surface area contributed by atoms with Crippen LogP contribution in [0.3, 0.4) is 0 Å². The van der Waals surface area contributed by atoms with E-state index >= 15 is 0 Å². The number of rotatable bonds is 4. The summed E-state index contributed by atoms with van der Waals surface area (Å²) in [4.78, 5) is 0. The van der Waals surface area contributed by atoms with Gasteiger partial charge in [0.1, 0.15) is 11.9 Å². The molecule has 0 heterocycles. The number of aliphatic hydroxyl groups excluding tert-OH is 1. The van der Waals surface area contributed by atoms with Crippen molar-refractivity contribution in [1.82, 2.24) is 0 Å². The van der Waals surface area contributed by atoms with Gasteiger partial charge in [-0.25, -0.2) is 0 Å². The van der Waals surface area contributed by atoms with Gasteiger partial charge in [0.05, 0.1) is 11.6 Å². The molecule has 0 saturated heterocycles. The Kier molecular flexibility index (Phi) is 5.02. The van der Waals surface area contributed by atoms with Crippen molar-refractivity contribution in [2.24, 2.45) is 11.1 Å². The van der Waals surface area contributed by atoms with Gasteiger partial charge >= 0.3 is 0 Å². The normalized spacial score (nSPS) is 15.3. The molecule has 18 heavy (non-hydrogen) atoms. The van der Waals surface area contributed by atoms with Crippen molar-refractivity contribution in [3.63, 3.8) is 0 Å². The molecule has 102 valence electrons. The highest BCUT2D eigenvalue weighted by Gasteiger charge is 2.30. The largest absolute Gasteiger partial charge is 0.485 e. The highest BCUT2D eigenvalue weighted by atomic mass is 35.5. The minimum absolute atomic E-state index is 0.136. The molecule has 2 atom stereocenters. The third-order valence-electron chi connectivity index (χ3n) is 2.95. The van der Waals surface area contributed by atoms with Crippen molar-refractivity contribution in [1.29, 1.82) is 0 Å². The summed E-state index contributed by atoms with van der Waals surface area (Å²) in [6.45, 7) is 7.87. The van der Waals surface area contributed by atoms with Gasteiger partial charge in [-0.05, 0) is 30.0 Å². The number of hydrogen-bond donors (Lipinski definition) is 2. The molecule has 4 heteroatoms. The second-order valence-electron chi connectivity index (χ2n) is 5.66. The predicted octanol–water partition coefficient (Wildman–Crippen LogP) is 2.76. The van der Waals surface area contributed by atoms with Crippen LogP contribution in [0, 0.1) is 12.3 Å². The monoisotopic (exact) mass is 271 g/mol. The topological polar surface area (TPSA) is 55.5 Å². The zero-order chi connectivity index (χ0) is 13.9. The fourth-order valence-electron chi connectivity index (χ4n) is 1.65. The smallest absolute Gasteiger partial charge is 0.138 e. The summed E-state index contributed by atoms with van der Waals surface area (Å²) in [5.41, 5.74) is 7.02. The lowest BCUT2D eigenvalue weighted by Gasteiger charge is -2.33. The van der Waals surface area contributed by atoms with Crippen LogP contribution in [0.15, 0.2) is 18.2 Å². The first-order chi connectivity index (χ1) is 8.25. The van der Waals surface area contributed by atoms with E-state index in [0.717, 1.165) is 5.56 Å². The van der Waals surface area contributed by atoms with Crippen LogP contribution in [-0.4, -0.2) is 23.9 Å². The molecule has 3 N–H and O–H groups in total. The van der Waals surface area contributed by atoms with Gasteiger partial charge in [-0.3, -0.25) is 0 Å². The molecule has 0 aliphatic carbocycles. The number of halogens is 1. The first kappa shape index (κ1) is 15.3. The van der Waals surface area contributed by atoms with Gasteiger partial charge < -0.3 is 15.6 Å². The van der Waals surface area contributed by atoms with Crippen LogP contribution in [0.4, 0.5) is 0 Å². The number of aliphatic hydroxyl groups is 1. The highest BCUT2D eigenvalue weighted by Crippen LogP contribution is 2.29. The fourth-order valence-corrected chi connectivity index (χ4v) is 1.93. The van der Waals surface area contributed by atoms with Gasteiger partial charge in [0, 0.05) is 6.04 Å². The van der Waals surface area contributed by atoms with Crippen LogP contribution in [0.1, 0.15) is 26.3 Å². The Morgan fingerprint density at radius 2 is 2.00 bits per heavy atom. The SMILES string of the molecule is Cc1ccc(OC(CO)C(N)C(C)(C)C)c(Cl)c1. The molecule has 2 unspecified atom stereocenters. The first-order valence-corrected chi connectivity index (χ1v) is 6.42. The Labute approximate surface area is 114 Å². The van der Waals surface area contributed by atoms with Gasteiger partial charge in [0.15, 0.2) is 0 Å². The quantitative estimate of drug-likeness (QED) is 0.885. The minimum Gasteiger partial charge on any atom is -0.485 e. The molecule has 0 fully saturated rings. The van der Waals surface area contributed by atoms with E-state index in [1.165, 1.54) is 0 Å². The van der Waals surface area contributed by atoms with E-state index in [1.807, 2.05) is 39.8 Å². The Bertz CT molecular complexity index is 401. The second kappa shape index (κ2) is 5.91. The van der Waals surface area contributed by atoms with Crippen molar-refractivity contribution in [2.75, 3.05) is 6.61 Å². The van der Waals surface area contributed by atoms with Crippen molar-refractivity contribution < 1.29 is 9.84 Å². The molecular formula is C14H22ClNO2. The molecule has 0 bridgehead atoms. The average molecular weight is 272 g/mol. The number of aryl methyl sites for hydroxylation is 1. The molecular weight excluding hydrogens is 250 g/mol. The van der Waals surface area contributed by atoms with E-state index in [2.05, 4.69) is 0 Å². The van der Waals surface area contributed by atoms with Crippen LogP contribution in [0.2, 0.25) is 5.02 Å². The van der Waals surface area contributed by atoms with Crippen LogP contribution in [-0.2, 0) is 0 Å². The lowest BCUT2D eigenvalue weighted by Crippen LogP contribution is -2.49. The summed E-state index contributed by atoms with van der Waals surface area (Å²) in [6, 6.07) is 5.27. The maximum absolute atomic E-state index is 9.42. The summed E-state index contributed by atoms with van der Waals surface area (Å²) in [5, 5.41) is 9.96. The number of hydrogen-bond acceptors (Lipinski definition) is 3. The van der Waals surface area contributed by atoms with E-state index in [9.17, 15) is 5.11 Å². The molecule has 0 radical (unpaired) electrons. The fraction of sp³-hybridized carbons (Fsp3) is 0.571. The van der Waals surface area contributed by atoms with Crippen molar-refractivity contribution in [3.05, 3.63) is 28.8 Å². The number of nitrogens with two attached hydrogens (primary N) is 1. The zero-order valence-electron chi connectivity index (χ0n) is 11.4. The zero-order valence-corrected chi connectivity index (χ0v) is 12.2. The van der Waals surface area contributed by atoms with Gasteiger partial charge in [-0.1, -0.05) is 38.4 Å². The van der Waals surface area contributed by atoms with Crippen molar-refractivity contribution in [2.45, 2.75) is 39.8 Å². The lowest BCUT2D eigenvalue weighted by atomic mass is 9.84. The molecule has 1 aromatic carbocycles. The molecule has 0 amide bonds. The molecule has 0 aliphatic rings. The average Bonchev–Trinajstić information content (AvgIpc) is 2.26. The first-order valence-electron chi connectivity index (χ1n) is 6.05. The van der Waals surface area contributed by atoms with Gasteiger partial charge in [-0.15, -0.1) is 0 Å². The highest BCUT2D eigenvalue weighted by molar-refractivity contribution is 6.32.